The molecule has 0 aliphatic heterocycles. The molecular formula is C13H25N3S. The van der Waals surface area contributed by atoms with Crippen molar-refractivity contribution >= 4 is 11.3 Å². The lowest BCUT2D eigenvalue weighted by Gasteiger charge is -2.00. The van der Waals surface area contributed by atoms with Gasteiger partial charge in [0, 0.05) is 12.8 Å². The summed E-state index contributed by atoms with van der Waals surface area (Å²) in [5.41, 5.74) is 0. The Morgan fingerprint density at radius 1 is 1.12 bits per heavy atom. The van der Waals surface area contributed by atoms with Crippen LogP contribution in [0.25, 0.3) is 0 Å². The van der Waals surface area contributed by atoms with Gasteiger partial charge in [-0.1, -0.05) is 20.8 Å². The second-order valence-corrected chi connectivity index (χ2v) is 6.02. The van der Waals surface area contributed by atoms with Crippen LogP contribution in [0.5, 0.6) is 0 Å². The minimum Gasteiger partial charge on any atom is -0.317 e. The summed E-state index contributed by atoms with van der Waals surface area (Å²) in [4.78, 5) is 0. The van der Waals surface area contributed by atoms with E-state index < -0.39 is 0 Å². The van der Waals surface area contributed by atoms with Crippen molar-refractivity contribution in [3.8, 4) is 0 Å². The highest BCUT2D eigenvalue weighted by atomic mass is 32.1. The van der Waals surface area contributed by atoms with Crippen LogP contribution in [0, 0.1) is 5.92 Å². The normalized spacial score (nSPS) is 11.3. The molecule has 4 heteroatoms. The van der Waals surface area contributed by atoms with E-state index in [9.17, 15) is 0 Å². The van der Waals surface area contributed by atoms with Crippen LogP contribution < -0.4 is 5.32 Å². The fraction of sp³-hybridized carbons (Fsp3) is 0.846. The number of nitrogens with zero attached hydrogens (tertiary/aromatic N) is 2. The van der Waals surface area contributed by atoms with Gasteiger partial charge < -0.3 is 5.32 Å². The fourth-order valence-corrected chi connectivity index (χ4v) is 2.47. The third-order valence-corrected chi connectivity index (χ3v) is 3.66. The van der Waals surface area contributed by atoms with Crippen LogP contribution in [-0.4, -0.2) is 23.3 Å². The first-order valence-corrected chi connectivity index (χ1v) is 7.56. The Hall–Kier alpha value is -0.480. The first-order valence-electron chi connectivity index (χ1n) is 6.74. The first kappa shape index (κ1) is 14.6. The second-order valence-electron chi connectivity index (χ2n) is 4.88. The number of hydrogen-bond acceptors (Lipinski definition) is 4. The average Bonchev–Trinajstić information content (AvgIpc) is 2.74. The zero-order valence-corrected chi connectivity index (χ0v) is 12.1. The molecule has 0 aromatic carbocycles. The van der Waals surface area contributed by atoms with Crippen LogP contribution >= 0.6 is 11.3 Å². The predicted octanol–water partition coefficient (Wildman–Crippen LogP) is 3.06. The SMILES string of the molecule is CCCNCCCc1nnc(CCC(C)C)s1. The van der Waals surface area contributed by atoms with Gasteiger partial charge >= 0.3 is 0 Å². The maximum Gasteiger partial charge on any atom is 0.117 e. The van der Waals surface area contributed by atoms with E-state index >= 15 is 0 Å². The molecule has 0 saturated heterocycles. The zero-order valence-electron chi connectivity index (χ0n) is 11.3. The topological polar surface area (TPSA) is 37.8 Å². The van der Waals surface area contributed by atoms with E-state index in [1.165, 1.54) is 29.3 Å². The summed E-state index contributed by atoms with van der Waals surface area (Å²) in [5.74, 6) is 0.751. The minimum absolute atomic E-state index is 0.751. The molecule has 0 aliphatic carbocycles. The molecule has 1 aromatic rings. The Morgan fingerprint density at radius 3 is 2.47 bits per heavy atom. The van der Waals surface area contributed by atoms with Gasteiger partial charge in [0.05, 0.1) is 0 Å². The van der Waals surface area contributed by atoms with Gasteiger partial charge in [0.25, 0.3) is 0 Å². The molecule has 98 valence electrons. The first-order chi connectivity index (χ1) is 8.22. The summed E-state index contributed by atoms with van der Waals surface area (Å²) in [6, 6.07) is 0. The Morgan fingerprint density at radius 2 is 1.82 bits per heavy atom. The van der Waals surface area contributed by atoms with Crippen molar-refractivity contribution < 1.29 is 0 Å². The number of hydrogen-bond donors (Lipinski definition) is 1. The lowest BCUT2D eigenvalue weighted by Crippen LogP contribution is -2.16. The highest BCUT2D eigenvalue weighted by molar-refractivity contribution is 7.11. The van der Waals surface area contributed by atoms with Crippen LogP contribution in [0.4, 0.5) is 0 Å². The third-order valence-electron chi connectivity index (χ3n) is 2.62. The summed E-state index contributed by atoms with van der Waals surface area (Å²) in [5, 5.41) is 14.3. The molecule has 0 aliphatic rings. The number of rotatable bonds is 9. The highest BCUT2D eigenvalue weighted by Crippen LogP contribution is 2.15. The van der Waals surface area contributed by atoms with Crippen LogP contribution in [0.1, 0.15) is 50.0 Å². The van der Waals surface area contributed by atoms with Crippen molar-refractivity contribution in [2.24, 2.45) is 5.92 Å². The van der Waals surface area contributed by atoms with E-state index in [1.807, 2.05) is 0 Å². The summed E-state index contributed by atoms with van der Waals surface area (Å²) in [6.07, 6.45) is 5.74. The molecule has 0 atom stereocenters. The maximum atomic E-state index is 4.25. The van der Waals surface area contributed by atoms with Gasteiger partial charge in [0.15, 0.2) is 0 Å². The Labute approximate surface area is 109 Å². The van der Waals surface area contributed by atoms with E-state index in [4.69, 9.17) is 0 Å². The van der Waals surface area contributed by atoms with E-state index in [1.54, 1.807) is 11.3 Å². The van der Waals surface area contributed by atoms with E-state index in [0.29, 0.717) is 0 Å². The zero-order chi connectivity index (χ0) is 12.5. The largest absolute Gasteiger partial charge is 0.317 e. The molecule has 0 amide bonds. The average molecular weight is 255 g/mol. The quantitative estimate of drug-likeness (QED) is 0.689. The van der Waals surface area contributed by atoms with Gasteiger partial charge in [-0.15, -0.1) is 21.5 Å². The molecule has 0 fully saturated rings. The number of aryl methyl sites for hydroxylation is 2. The Bertz CT molecular complexity index is 297. The van der Waals surface area contributed by atoms with Gasteiger partial charge in [-0.2, -0.15) is 0 Å². The molecule has 1 heterocycles. The molecule has 3 nitrogen and oxygen atoms in total. The van der Waals surface area contributed by atoms with Crippen LogP contribution in [0.3, 0.4) is 0 Å². The van der Waals surface area contributed by atoms with Crippen LogP contribution in [0.2, 0.25) is 0 Å². The molecular weight excluding hydrogens is 230 g/mol. The summed E-state index contributed by atoms with van der Waals surface area (Å²) in [7, 11) is 0. The van der Waals surface area contributed by atoms with Gasteiger partial charge in [-0.05, 0) is 38.3 Å². The van der Waals surface area contributed by atoms with Crippen molar-refractivity contribution in [3.63, 3.8) is 0 Å². The highest BCUT2D eigenvalue weighted by Gasteiger charge is 2.04. The molecule has 1 aromatic heterocycles. The minimum atomic E-state index is 0.751. The molecule has 0 spiro atoms. The fourth-order valence-electron chi connectivity index (χ4n) is 1.57. The van der Waals surface area contributed by atoms with E-state index in [-0.39, 0.29) is 0 Å². The van der Waals surface area contributed by atoms with Gasteiger partial charge in [-0.25, -0.2) is 0 Å². The van der Waals surface area contributed by atoms with Gasteiger partial charge in [-0.3, -0.25) is 0 Å². The van der Waals surface area contributed by atoms with Gasteiger partial charge in [0.1, 0.15) is 10.0 Å². The second kappa shape index (κ2) is 8.59. The molecule has 0 unspecified atom stereocenters. The molecule has 0 saturated carbocycles. The van der Waals surface area contributed by atoms with Crippen LogP contribution in [0.15, 0.2) is 0 Å². The lowest BCUT2D eigenvalue weighted by atomic mass is 10.1. The van der Waals surface area contributed by atoms with Crippen molar-refractivity contribution in [2.75, 3.05) is 13.1 Å². The number of aromatic nitrogens is 2. The predicted molar refractivity (Wildman–Crippen MR) is 74.5 cm³/mol. The van der Waals surface area contributed by atoms with E-state index in [0.717, 1.165) is 31.8 Å². The molecule has 17 heavy (non-hydrogen) atoms. The summed E-state index contributed by atoms with van der Waals surface area (Å²) >= 11 is 1.79. The molecule has 1 N–H and O–H groups in total. The summed E-state index contributed by atoms with van der Waals surface area (Å²) < 4.78 is 0. The Balaban J connectivity index is 2.17. The standard InChI is InChI=1S/C13H25N3S/c1-4-9-14-10-5-6-12-15-16-13(17-12)8-7-11(2)3/h11,14H,4-10H2,1-3H3. The smallest absolute Gasteiger partial charge is 0.117 e. The molecule has 0 bridgehead atoms. The number of nitrogens with one attached hydrogen (secondary N) is 1. The van der Waals surface area contributed by atoms with Crippen molar-refractivity contribution in [1.82, 2.24) is 15.5 Å². The monoisotopic (exact) mass is 255 g/mol. The molecule has 1 rings (SSSR count). The van der Waals surface area contributed by atoms with Crippen LogP contribution in [-0.2, 0) is 12.8 Å². The molecule has 0 radical (unpaired) electrons. The van der Waals surface area contributed by atoms with Crippen molar-refractivity contribution in [2.45, 2.75) is 52.9 Å². The van der Waals surface area contributed by atoms with E-state index in [2.05, 4.69) is 36.3 Å². The Kier molecular flexibility index (Phi) is 7.37. The lowest BCUT2D eigenvalue weighted by molar-refractivity contribution is 0.583. The van der Waals surface area contributed by atoms with Crippen molar-refractivity contribution in [3.05, 3.63) is 10.0 Å². The van der Waals surface area contributed by atoms with Gasteiger partial charge in [0.2, 0.25) is 0 Å². The summed E-state index contributed by atoms with van der Waals surface area (Å²) in [6.45, 7) is 8.91. The maximum absolute atomic E-state index is 4.25. The van der Waals surface area contributed by atoms with Crippen molar-refractivity contribution in [1.29, 1.82) is 0 Å². The third kappa shape index (κ3) is 6.74.